The standard InChI is InChI=1S/C14H19NO4/c1-18-13(17)14(8-4-2-3-5-9-14)15-12(16)11-7-6-10-19-11/h6-7,10H,2-5,8-9H2,1H3,(H,15,16). The molecule has 1 saturated carbocycles. The summed E-state index contributed by atoms with van der Waals surface area (Å²) in [5, 5.41) is 2.82. The Morgan fingerprint density at radius 1 is 1.26 bits per heavy atom. The molecule has 1 heterocycles. The lowest BCUT2D eigenvalue weighted by Crippen LogP contribution is -2.54. The topological polar surface area (TPSA) is 68.5 Å². The van der Waals surface area contributed by atoms with Crippen molar-refractivity contribution in [2.24, 2.45) is 0 Å². The summed E-state index contributed by atoms with van der Waals surface area (Å²) in [5.74, 6) is -0.515. The van der Waals surface area contributed by atoms with Crippen molar-refractivity contribution in [2.45, 2.75) is 44.1 Å². The van der Waals surface area contributed by atoms with Crippen molar-refractivity contribution in [3.05, 3.63) is 24.2 Å². The molecule has 1 N–H and O–H groups in total. The second-order valence-corrected chi connectivity index (χ2v) is 4.92. The molecule has 1 aliphatic rings. The van der Waals surface area contributed by atoms with Crippen molar-refractivity contribution < 1.29 is 18.7 Å². The Labute approximate surface area is 112 Å². The van der Waals surface area contributed by atoms with Gasteiger partial charge in [-0.25, -0.2) is 4.79 Å². The molecule has 5 heteroatoms. The fraction of sp³-hybridized carbons (Fsp3) is 0.571. The number of rotatable bonds is 3. The monoisotopic (exact) mass is 265 g/mol. The van der Waals surface area contributed by atoms with E-state index in [-0.39, 0.29) is 17.6 Å². The number of esters is 1. The second kappa shape index (κ2) is 5.91. The first-order chi connectivity index (χ1) is 9.18. The molecule has 2 rings (SSSR count). The average Bonchev–Trinajstić information content (AvgIpc) is 2.86. The number of hydrogen-bond acceptors (Lipinski definition) is 4. The van der Waals surface area contributed by atoms with Crippen LogP contribution in [0.3, 0.4) is 0 Å². The summed E-state index contributed by atoms with van der Waals surface area (Å²) in [4.78, 5) is 24.2. The Hall–Kier alpha value is -1.78. The third-order valence-corrected chi connectivity index (χ3v) is 3.63. The maximum Gasteiger partial charge on any atom is 0.331 e. The van der Waals surface area contributed by atoms with Crippen molar-refractivity contribution in [3.63, 3.8) is 0 Å². The van der Waals surface area contributed by atoms with Gasteiger partial charge in [-0.2, -0.15) is 0 Å². The second-order valence-electron chi connectivity index (χ2n) is 4.92. The van der Waals surface area contributed by atoms with Gasteiger partial charge in [-0.3, -0.25) is 4.79 Å². The smallest absolute Gasteiger partial charge is 0.331 e. The number of amides is 1. The van der Waals surface area contributed by atoms with Crippen molar-refractivity contribution in [3.8, 4) is 0 Å². The van der Waals surface area contributed by atoms with E-state index in [1.807, 2.05) is 0 Å². The molecular formula is C14H19NO4. The van der Waals surface area contributed by atoms with E-state index < -0.39 is 5.54 Å². The summed E-state index contributed by atoms with van der Waals surface area (Å²) in [7, 11) is 1.36. The maximum atomic E-state index is 12.1. The first-order valence-corrected chi connectivity index (χ1v) is 6.62. The molecule has 1 fully saturated rings. The predicted molar refractivity (Wildman–Crippen MR) is 68.6 cm³/mol. The van der Waals surface area contributed by atoms with E-state index in [0.29, 0.717) is 12.8 Å². The van der Waals surface area contributed by atoms with E-state index in [0.717, 1.165) is 25.7 Å². The molecule has 19 heavy (non-hydrogen) atoms. The summed E-state index contributed by atoms with van der Waals surface area (Å²) < 4.78 is 9.94. The van der Waals surface area contributed by atoms with E-state index >= 15 is 0 Å². The normalized spacial score (nSPS) is 18.4. The largest absolute Gasteiger partial charge is 0.467 e. The van der Waals surface area contributed by atoms with Crippen LogP contribution in [0.15, 0.2) is 22.8 Å². The molecule has 0 atom stereocenters. The molecule has 0 radical (unpaired) electrons. The third-order valence-electron chi connectivity index (χ3n) is 3.63. The number of hydrogen-bond donors (Lipinski definition) is 1. The molecule has 104 valence electrons. The minimum atomic E-state index is -0.908. The predicted octanol–water partition coefficient (Wildman–Crippen LogP) is 2.28. The van der Waals surface area contributed by atoms with Crippen LogP contribution in [0.2, 0.25) is 0 Å². The van der Waals surface area contributed by atoms with E-state index in [1.54, 1.807) is 12.1 Å². The van der Waals surface area contributed by atoms with Crippen LogP contribution in [0.25, 0.3) is 0 Å². The van der Waals surface area contributed by atoms with Crippen molar-refractivity contribution in [1.82, 2.24) is 5.32 Å². The van der Waals surface area contributed by atoms with Gasteiger partial charge in [-0.05, 0) is 25.0 Å². The zero-order valence-corrected chi connectivity index (χ0v) is 11.1. The molecular weight excluding hydrogens is 246 g/mol. The fourth-order valence-corrected chi connectivity index (χ4v) is 2.59. The lowest BCUT2D eigenvalue weighted by Gasteiger charge is -2.30. The van der Waals surface area contributed by atoms with Gasteiger partial charge in [0.25, 0.3) is 5.91 Å². The van der Waals surface area contributed by atoms with Crippen LogP contribution in [0.5, 0.6) is 0 Å². The molecule has 1 amide bonds. The van der Waals surface area contributed by atoms with E-state index in [2.05, 4.69) is 5.32 Å². The SMILES string of the molecule is COC(=O)C1(NC(=O)c2ccco2)CCCCCC1. The highest BCUT2D eigenvalue weighted by Crippen LogP contribution is 2.28. The van der Waals surface area contributed by atoms with Crippen LogP contribution in [0, 0.1) is 0 Å². The summed E-state index contributed by atoms with van der Waals surface area (Å²) in [5.41, 5.74) is -0.908. The van der Waals surface area contributed by atoms with Gasteiger partial charge in [0.2, 0.25) is 0 Å². The number of carbonyl (C=O) groups excluding carboxylic acids is 2. The van der Waals surface area contributed by atoms with Gasteiger partial charge in [0.1, 0.15) is 5.54 Å². The molecule has 0 spiro atoms. The number of nitrogens with one attached hydrogen (secondary N) is 1. The molecule has 0 unspecified atom stereocenters. The van der Waals surface area contributed by atoms with Crippen LogP contribution in [0.1, 0.15) is 49.1 Å². The maximum absolute atomic E-state index is 12.1. The lowest BCUT2D eigenvalue weighted by atomic mass is 9.90. The number of ether oxygens (including phenoxy) is 1. The Bertz CT molecular complexity index is 430. The molecule has 0 bridgehead atoms. The van der Waals surface area contributed by atoms with Crippen molar-refractivity contribution in [2.75, 3.05) is 7.11 Å². The first-order valence-electron chi connectivity index (χ1n) is 6.62. The summed E-state index contributed by atoms with van der Waals surface area (Å²) in [6, 6.07) is 3.23. The van der Waals surface area contributed by atoms with Gasteiger partial charge >= 0.3 is 5.97 Å². The highest BCUT2D eigenvalue weighted by atomic mass is 16.5. The van der Waals surface area contributed by atoms with Crippen LogP contribution < -0.4 is 5.32 Å². The lowest BCUT2D eigenvalue weighted by molar-refractivity contribution is -0.148. The molecule has 1 aliphatic carbocycles. The Morgan fingerprint density at radius 3 is 2.47 bits per heavy atom. The molecule has 5 nitrogen and oxygen atoms in total. The number of methoxy groups -OCH3 is 1. The average molecular weight is 265 g/mol. The first kappa shape index (κ1) is 13.6. The van der Waals surface area contributed by atoms with Gasteiger partial charge in [0, 0.05) is 0 Å². The van der Waals surface area contributed by atoms with Crippen molar-refractivity contribution in [1.29, 1.82) is 0 Å². The summed E-state index contributed by atoms with van der Waals surface area (Å²) in [6.45, 7) is 0. The van der Waals surface area contributed by atoms with Gasteiger partial charge in [0.05, 0.1) is 13.4 Å². The highest BCUT2D eigenvalue weighted by molar-refractivity contribution is 5.96. The zero-order valence-electron chi connectivity index (χ0n) is 11.1. The Morgan fingerprint density at radius 2 is 1.95 bits per heavy atom. The minimum absolute atomic E-state index is 0.215. The molecule has 0 aliphatic heterocycles. The van der Waals surface area contributed by atoms with Crippen LogP contribution in [0.4, 0.5) is 0 Å². The molecule has 0 aromatic carbocycles. The Kier molecular flexibility index (Phi) is 4.24. The van der Waals surface area contributed by atoms with E-state index in [9.17, 15) is 9.59 Å². The van der Waals surface area contributed by atoms with Gasteiger partial charge in [-0.1, -0.05) is 25.7 Å². The van der Waals surface area contributed by atoms with Crippen LogP contribution >= 0.6 is 0 Å². The summed E-state index contributed by atoms with van der Waals surface area (Å²) in [6.07, 6.45) is 6.65. The van der Waals surface area contributed by atoms with Gasteiger partial charge in [-0.15, -0.1) is 0 Å². The van der Waals surface area contributed by atoms with Gasteiger partial charge in [0.15, 0.2) is 5.76 Å². The van der Waals surface area contributed by atoms with Gasteiger partial charge < -0.3 is 14.5 Å². The van der Waals surface area contributed by atoms with Crippen molar-refractivity contribution >= 4 is 11.9 Å². The Balaban J connectivity index is 2.17. The molecule has 1 aromatic heterocycles. The molecule has 0 saturated heterocycles. The number of carbonyl (C=O) groups is 2. The van der Waals surface area contributed by atoms with Crippen LogP contribution in [-0.2, 0) is 9.53 Å². The van der Waals surface area contributed by atoms with E-state index in [1.165, 1.54) is 13.4 Å². The van der Waals surface area contributed by atoms with Crippen LogP contribution in [-0.4, -0.2) is 24.5 Å². The fourth-order valence-electron chi connectivity index (χ4n) is 2.59. The zero-order chi connectivity index (χ0) is 13.7. The quantitative estimate of drug-likeness (QED) is 0.672. The van der Waals surface area contributed by atoms with E-state index in [4.69, 9.17) is 9.15 Å². The number of furan rings is 1. The third kappa shape index (κ3) is 2.97. The molecule has 1 aromatic rings. The highest BCUT2D eigenvalue weighted by Gasteiger charge is 2.41. The summed E-state index contributed by atoms with van der Waals surface area (Å²) >= 11 is 0. The minimum Gasteiger partial charge on any atom is -0.467 e.